The number of para-hydroxylation sites is 2. The summed E-state index contributed by atoms with van der Waals surface area (Å²) in [4.78, 5) is 23.9. The number of nitrogens with one attached hydrogen (secondary N) is 4. The molecule has 0 aromatic heterocycles. The average Bonchev–Trinajstić information content (AvgIpc) is 2.49. The maximum atomic E-state index is 12.2. The van der Waals surface area contributed by atoms with Crippen LogP contribution < -0.4 is 21.3 Å². The van der Waals surface area contributed by atoms with E-state index in [1.54, 1.807) is 0 Å². The van der Waals surface area contributed by atoms with Crippen molar-refractivity contribution in [3.63, 3.8) is 0 Å². The van der Waals surface area contributed by atoms with Gasteiger partial charge in [-0.25, -0.2) is 0 Å². The Labute approximate surface area is 117 Å². The Balaban J connectivity index is 1.63. The topological polar surface area (TPSA) is 82.3 Å². The molecule has 2 amide bonds. The highest BCUT2D eigenvalue weighted by molar-refractivity contribution is 5.93. The molecule has 2 aliphatic heterocycles. The maximum absolute atomic E-state index is 12.2. The van der Waals surface area contributed by atoms with Crippen LogP contribution in [0, 0.1) is 0 Å². The molecule has 0 radical (unpaired) electrons. The Hall–Kier alpha value is -2.24. The molecule has 1 fully saturated rings. The van der Waals surface area contributed by atoms with E-state index in [9.17, 15) is 9.59 Å². The third kappa shape index (κ3) is 2.54. The van der Waals surface area contributed by atoms with Gasteiger partial charge < -0.3 is 21.3 Å². The van der Waals surface area contributed by atoms with E-state index in [0.717, 1.165) is 17.8 Å². The summed E-state index contributed by atoms with van der Waals surface area (Å²) in [5.74, 6) is -0.233. The van der Waals surface area contributed by atoms with Gasteiger partial charge in [-0.1, -0.05) is 12.1 Å². The zero-order chi connectivity index (χ0) is 13.9. The number of benzene rings is 1. The van der Waals surface area contributed by atoms with Crippen LogP contribution in [0.3, 0.4) is 0 Å². The summed E-state index contributed by atoms with van der Waals surface area (Å²) in [5.41, 5.74) is 1.90. The number of hydrogen-bond donors (Lipinski definition) is 4. The number of carbonyl (C=O) groups is 2. The molecule has 1 aromatic carbocycles. The van der Waals surface area contributed by atoms with Gasteiger partial charge in [-0.05, 0) is 25.0 Å². The fraction of sp³-hybridized carbons (Fsp3) is 0.429. The number of amides is 2. The summed E-state index contributed by atoms with van der Waals surface area (Å²) in [6.07, 6.45) is 1.60. The summed E-state index contributed by atoms with van der Waals surface area (Å²) in [7, 11) is 0. The molecule has 1 saturated heterocycles. The van der Waals surface area contributed by atoms with E-state index in [0.29, 0.717) is 19.5 Å². The Morgan fingerprint density at radius 1 is 1.20 bits per heavy atom. The van der Waals surface area contributed by atoms with Gasteiger partial charge in [0.25, 0.3) is 0 Å². The predicted molar refractivity (Wildman–Crippen MR) is 76.5 cm³/mol. The standard InChI is InChI=1S/C14H18N4O2/c19-13-11(6-3-7-15-13)18-14(20)12-8-16-9-4-1-2-5-10(9)17-12/h1-2,4-5,11-12,16-17H,3,6-8H2,(H,15,19)(H,18,20). The van der Waals surface area contributed by atoms with E-state index in [2.05, 4.69) is 21.3 Å². The van der Waals surface area contributed by atoms with Crippen molar-refractivity contribution < 1.29 is 9.59 Å². The summed E-state index contributed by atoms with van der Waals surface area (Å²) in [6.45, 7) is 1.21. The first-order valence-corrected chi connectivity index (χ1v) is 6.91. The van der Waals surface area contributed by atoms with Crippen molar-refractivity contribution in [2.75, 3.05) is 23.7 Å². The van der Waals surface area contributed by atoms with Gasteiger partial charge in [0.2, 0.25) is 11.8 Å². The van der Waals surface area contributed by atoms with Crippen molar-refractivity contribution in [3.05, 3.63) is 24.3 Å². The molecule has 6 heteroatoms. The second-order valence-corrected chi connectivity index (χ2v) is 5.12. The third-order valence-electron chi connectivity index (χ3n) is 3.67. The lowest BCUT2D eigenvalue weighted by atomic mass is 10.1. The fourth-order valence-electron chi connectivity index (χ4n) is 2.55. The lowest BCUT2D eigenvalue weighted by Gasteiger charge is -2.30. The molecular formula is C14H18N4O2. The van der Waals surface area contributed by atoms with Crippen LogP contribution in [0.15, 0.2) is 24.3 Å². The third-order valence-corrected chi connectivity index (χ3v) is 3.67. The summed E-state index contributed by atoms with van der Waals surface area (Å²) in [6, 6.07) is 6.98. The van der Waals surface area contributed by atoms with Gasteiger partial charge in [-0.15, -0.1) is 0 Å². The molecule has 1 aromatic rings. The van der Waals surface area contributed by atoms with Gasteiger partial charge in [0, 0.05) is 13.1 Å². The monoisotopic (exact) mass is 274 g/mol. The number of fused-ring (bicyclic) bond motifs is 1. The molecule has 0 saturated carbocycles. The smallest absolute Gasteiger partial charge is 0.244 e. The van der Waals surface area contributed by atoms with Gasteiger partial charge in [0.05, 0.1) is 11.4 Å². The van der Waals surface area contributed by atoms with Gasteiger partial charge >= 0.3 is 0 Å². The van der Waals surface area contributed by atoms with Crippen LogP contribution in [0.1, 0.15) is 12.8 Å². The number of anilines is 2. The Morgan fingerprint density at radius 2 is 2.00 bits per heavy atom. The highest BCUT2D eigenvalue weighted by atomic mass is 16.2. The number of rotatable bonds is 2. The first-order valence-electron chi connectivity index (χ1n) is 6.91. The number of carbonyl (C=O) groups excluding carboxylic acids is 2. The van der Waals surface area contributed by atoms with Crippen LogP contribution in [-0.4, -0.2) is 37.0 Å². The highest BCUT2D eigenvalue weighted by Crippen LogP contribution is 2.25. The number of piperidine rings is 1. The lowest BCUT2D eigenvalue weighted by molar-refractivity contribution is -0.130. The SMILES string of the molecule is O=C1NCCCC1NC(=O)C1CNc2ccccc2N1. The highest BCUT2D eigenvalue weighted by Gasteiger charge is 2.29. The van der Waals surface area contributed by atoms with Crippen molar-refractivity contribution >= 4 is 23.2 Å². The van der Waals surface area contributed by atoms with Crippen LogP contribution in [0.25, 0.3) is 0 Å². The quantitative estimate of drug-likeness (QED) is 0.624. The van der Waals surface area contributed by atoms with Gasteiger partial charge in [0.15, 0.2) is 0 Å². The van der Waals surface area contributed by atoms with Crippen LogP contribution >= 0.6 is 0 Å². The van der Waals surface area contributed by atoms with Crippen molar-refractivity contribution in [2.45, 2.75) is 24.9 Å². The van der Waals surface area contributed by atoms with E-state index in [-0.39, 0.29) is 17.9 Å². The average molecular weight is 274 g/mol. The molecule has 3 rings (SSSR count). The summed E-state index contributed by atoms with van der Waals surface area (Å²) < 4.78 is 0. The molecule has 0 aliphatic carbocycles. The summed E-state index contributed by atoms with van der Waals surface area (Å²) >= 11 is 0. The molecule has 20 heavy (non-hydrogen) atoms. The van der Waals surface area contributed by atoms with Crippen molar-refractivity contribution in [3.8, 4) is 0 Å². The fourth-order valence-corrected chi connectivity index (χ4v) is 2.55. The van der Waals surface area contributed by atoms with E-state index in [1.165, 1.54) is 0 Å². The molecule has 2 unspecified atom stereocenters. The summed E-state index contributed by atoms with van der Waals surface area (Å²) in [5, 5.41) is 12.0. The van der Waals surface area contributed by atoms with Gasteiger partial charge in [-0.3, -0.25) is 9.59 Å². The zero-order valence-corrected chi connectivity index (χ0v) is 11.1. The minimum Gasteiger partial charge on any atom is -0.381 e. The number of hydrogen-bond acceptors (Lipinski definition) is 4. The van der Waals surface area contributed by atoms with Crippen molar-refractivity contribution in [1.29, 1.82) is 0 Å². The Morgan fingerprint density at radius 3 is 2.80 bits per heavy atom. The zero-order valence-electron chi connectivity index (χ0n) is 11.1. The largest absolute Gasteiger partial charge is 0.381 e. The van der Waals surface area contributed by atoms with Crippen LogP contribution in [-0.2, 0) is 9.59 Å². The van der Waals surface area contributed by atoms with Crippen molar-refractivity contribution in [1.82, 2.24) is 10.6 Å². The van der Waals surface area contributed by atoms with Crippen LogP contribution in [0.4, 0.5) is 11.4 Å². The molecule has 4 N–H and O–H groups in total. The van der Waals surface area contributed by atoms with Crippen LogP contribution in [0.2, 0.25) is 0 Å². The van der Waals surface area contributed by atoms with E-state index in [1.807, 2.05) is 24.3 Å². The molecule has 2 heterocycles. The molecule has 106 valence electrons. The van der Waals surface area contributed by atoms with E-state index >= 15 is 0 Å². The normalized spacial score (nSPS) is 24.7. The molecule has 0 spiro atoms. The maximum Gasteiger partial charge on any atom is 0.244 e. The molecule has 0 bridgehead atoms. The minimum atomic E-state index is -0.407. The molecule has 6 nitrogen and oxygen atoms in total. The van der Waals surface area contributed by atoms with Gasteiger partial charge in [-0.2, -0.15) is 0 Å². The Bertz CT molecular complexity index is 532. The van der Waals surface area contributed by atoms with E-state index in [4.69, 9.17) is 0 Å². The predicted octanol–water partition coefficient (Wildman–Crippen LogP) is 0.287. The lowest BCUT2D eigenvalue weighted by Crippen LogP contribution is -2.55. The van der Waals surface area contributed by atoms with Gasteiger partial charge in [0.1, 0.15) is 12.1 Å². The van der Waals surface area contributed by atoms with E-state index < -0.39 is 6.04 Å². The first-order chi connectivity index (χ1) is 9.74. The Kier molecular flexibility index (Phi) is 3.45. The minimum absolute atomic E-state index is 0.0891. The first kappa shape index (κ1) is 12.8. The molecule has 2 aliphatic rings. The second kappa shape index (κ2) is 5.40. The second-order valence-electron chi connectivity index (χ2n) is 5.12. The molecule has 2 atom stereocenters. The molecular weight excluding hydrogens is 256 g/mol. The van der Waals surface area contributed by atoms with Crippen LogP contribution in [0.5, 0.6) is 0 Å². The van der Waals surface area contributed by atoms with Crippen molar-refractivity contribution in [2.24, 2.45) is 0 Å².